The molecule has 16 aromatic heterocycles. The molecule has 0 radical (unpaired) electrons. The van der Waals surface area contributed by atoms with Crippen molar-refractivity contribution in [3.05, 3.63) is 326 Å². The molecule has 37 nitrogen and oxygen atoms in total. The molecular formula is C89H55F12N25O12. The summed E-state index contributed by atoms with van der Waals surface area (Å²) in [7, 11) is 5.50. The Labute approximate surface area is 756 Å². The highest BCUT2D eigenvalue weighted by molar-refractivity contribution is 6.05. The van der Waals surface area contributed by atoms with Crippen molar-refractivity contribution in [2.75, 3.05) is 27.1 Å². The molecule has 5 N–H and O–H groups in total. The normalized spacial score (nSPS) is 11.8. The highest BCUT2D eigenvalue weighted by Gasteiger charge is 2.36. The number of hydrogen-bond acceptors (Lipinski definition) is 29. The van der Waals surface area contributed by atoms with Crippen molar-refractivity contribution in [1.82, 2.24) is 117 Å². The molecule has 0 aliphatic heterocycles. The van der Waals surface area contributed by atoms with E-state index >= 15 is 0 Å². The number of benzene rings is 4. The van der Waals surface area contributed by atoms with Gasteiger partial charge in [0, 0.05) is 104 Å². The SMILES string of the molecule is COc1ncc(-c2ccc3ncc4c(=O)[nH]c(=O)n(-c5cccc(C(F)(F)F)c5)c4c3n2)cn1.COc1ncc(-c2ccc3ncc4c(=O)n(C)c(=O)n(-c5cccc(C(F)(F)F)c5)c4c3n2)cn1.COc1ncc(-c2ccc3ncc4c(=O)n(CO)c(=O)n(-c5cccc(C(F)(F)F)c5)c4c3n2)cn1.Nc1ncc(-c2ccc3ncc4c(=O)[nH]c(=O)n(-c5cccc(C(F)(F)F)c5)c4c3n2)cn1. The Morgan fingerprint density at radius 3 is 0.891 bits per heavy atom. The number of rotatable bonds is 12. The van der Waals surface area contributed by atoms with Gasteiger partial charge in [0.15, 0.2) is 0 Å². The van der Waals surface area contributed by atoms with Crippen molar-refractivity contribution in [1.29, 1.82) is 0 Å². The average Bonchev–Trinajstić information content (AvgIpc) is 0.734. The van der Waals surface area contributed by atoms with E-state index in [1.165, 1.54) is 145 Å². The first-order valence-corrected chi connectivity index (χ1v) is 39.6. The summed E-state index contributed by atoms with van der Waals surface area (Å²) in [6.07, 6.45) is -1.86. The quantitative estimate of drug-likeness (QED) is 0.0652. The molecule has 138 heavy (non-hydrogen) atoms. The number of alkyl halides is 12. The molecule has 0 bridgehead atoms. The van der Waals surface area contributed by atoms with Gasteiger partial charge >= 0.3 is 65.5 Å². The van der Waals surface area contributed by atoms with Crippen LogP contribution in [-0.2, 0) is 38.5 Å². The Kier molecular flexibility index (Phi) is 23.8. The van der Waals surface area contributed by atoms with Gasteiger partial charge in [0.2, 0.25) is 5.95 Å². The van der Waals surface area contributed by atoms with Gasteiger partial charge in [-0.05, 0) is 121 Å². The highest BCUT2D eigenvalue weighted by Crippen LogP contribution is 2.38. The van der Waals surface area contributed by atoms with Gasteiger partial charge in [-0.3, -0.25) is 71.9 Å². The Balaban J connectivity index is 0.000000127. The van der Waals surface area contributed by atoms with Gasteiger partial charge in [-0.2, -0.15) is 52.7 Å². The van der Waals surface area contributed by atoms with E-state index in [9.17, 15) is 96.1 Å². The van der Waals surface area contributed by atoms with E-state index < -0.39 is 98.7 Å². The third-order valence-corrected chi connectivity index (χ3v) is 21.0. The first-order chi connectivity index (χ1) is 65.9. The van der Waals surface area contributed by atoms with E-state index in [2.05, 4.69) is 89.7 Å². The lowest BCUT2D eigenvalue weighted by molar-refractivity contribution is -0.138. The zero-order valence-electron chi connectivity index (χ0n) is 70.4. The second kappa shape index (κ2) is 35.9. The molecule has 0 atom stereocenters. The molecule has 16 heterocycles. The second-order valence-corrected chi connectivity index (χ2v) is 29.4. The van der Waals surface area contributed by atoms with Crippen molar-refractivity contribution in [3.8, 4) is 85.8 Å². The fraction of sp³-hybridized carbons (Fsp3) is 0.101. The molecule has 4 aromatic carbocycles. The monoisotopic (exact) mass is 1890 g/mol. The maximum atomic E-state index is 13.4. The van der Waals surface area contributed by atoms with Crippen LogP contribution < -0.4 is 64.9 Å². The Bertz CT molecular complexity index is 8850. The van der Waals surface area contributed by atoms with E-state index in [-0.39, 0.29) is 118 Å². The van der Waals surface area contributed by atoms with Gasteiger partial charge in [0.05, 0.1) is 155 Å². The van der Waals surface area contributed by atoms with Crippen LogP contribution in [0.15, 0.2) is 258 Å². The summed E-state index contributed by atoms with van der Waals surface area (Å²) in [4.78, 5) is 174. The van der Waals surface area contributed by atoms with Crippen LogP contribution in [-0.4, -0.2) is 144 Å². The predicted molar refractivity (Wildman–Crippen MR) is 472 cm³/mol. The van der Waals surface area contributed by atoms with Gasteiger partial charge in [-0.1, -0.05) is 24.3 Å². The van der Waals surface area contributed by atoms with E-state index in [0.29, 0.717) is 66.1 Å². The summed E-state index contributed by atoms with van der Waals surface area (Å²) in [5.41, 5.74) is -0.0496. The molecule has 0 fully saturated rings. The minimum absolute atomic E-state index is 0.0138. The average molecular weight is 1890 g/mol. The largest absolute Gasteiger partial charge is 0.467 e. The number of ether oxygens (including phenoxy) is 3. The minimum Gasteiger partial charge on any atom is -0.467 e. The number of aromatic nitrogens is 24. The summed E-state index contributed by atoms with van der Waals surface area (Å²) in [5, 5.41) is 9.54. The van der Waals surface area contributed by atoms with Crippen LogP contribution in [0.1, 0.15) is 22.3 Å². The van der Waals surface area contributed by atoms with Gasteiger partial charge in [0.25, 0.3) is 22.2 Å². The van der Waals surface area contributed by atoms with Gasteiger partial charge < -0.3 is 25.1 Å². The third-order valence-electron chi connectivity index (χ3n) is 21.0. The molecule has 0 unspecified atom stereocenters. The van der Waals surface area contributed by atoms with Crippen molar-refractivity contribution in [2.24, 2.45) is 7.05 Å². The smallest absolute Gasteiger partial charge is 0.416 e. The number of methoxy groups -OCH3 is 3. The maximum absolute atomic E-state index is 13.4. The number of pyridine rings is 8. The van der Waals surface area contributed by atoms with Crippen molar-refractivity contribution in [3.63, 3.8) is 0 Å². The van der Waals surface area contributed by atoms with E-state index in [1.54, 1.807) is 48.5 Å². The Morgan fingerprint density at radius 1 is 0.333 bits per heavy atom. The number of aliphatic hydroxyl groups is 1. The van der Waals surface area contributed by atoms with Gasteiger partial charge in [-0.15, -0.1) is 0 Å². The maximum Gasteiger partial charge on any atom is 0.416 e. The van der Waals surface area contributed by atoms with Crippen LogP contribution in [0.3, 0.4) is 0 Å². The zero-order chi connectivity index (χ0) is 97.9. The fourth-order valence-electron chi connectivity index (χ4n) is 14.5. The second-order valence-electron chi connectivity index (χ2n) is 29.4. The number of fused-ring (bicyclic) bond motifs is 12. The van der Waals surface area contributed by atoms with Crippen LogP contribution >= 0.6 is 0 Å². The summed E-state index contributed by atoms with van der Waals surface area (Å²) in [6.45, 7) is -0.985. The van der Waals surface area contributed by atoms with Crippen molar-refractivity contribution in [2.45, 2.75) is 31.4 Å². The number of H-pyrrole nitrogens is 2. The van der Waals surface area contributed by atoms with Crippen LogP contribution in [0.25, 0.3) is 156 Å². The number of aromatic amines is 2. The molecule has 49 heteroatoms. The molecule has 0 amide bonds. The first-order valence-electron chi connectivity index (χ1n) is 39.6. The lowest BCUT2D eigenvalue weighted by Gasteiger charge is -2.16. The van der Waals surface area contributed by atoms with Crippen LogP contribution in [0, 0.1) is 0 Å². The minimum atomic E-state index is -4.68. The molecule has 0 saturated carbocycles. The molecule has 20 rings (SSSR count). The van der Waals surface area contributed by atoms with Gasteiger partial charge in [0.1, 0.15) is 28.8 Å². The molecule has 0 spiro atoms. The number of nitrogens with two attached hydrogens (primary N) is 1. The number of aliphatic hydroxyl groups excluding tert-OH is 1. The Morgan fingerprint density at radius 2 is 0.601 bits per heavy atom. The number of anilines is 1. The van der Waals surface area contributed by atoms with Crippen LogP contribution in [0.4, 0.5) is 58.6 Å². The number of hydrogen-bond donors (Lipinski definition) is 4. The summed E-state index contributed by atoms with van der Waals surface area (Å²) in [6, 6.07) is 30.2. The number of nitrogen functional groups attached to an aromatic ring is 1. The lowest BCUT2D eigenvalue weighted by atomic mass is 10.1. The predicted octanol–water partition coefficient (Wildman–Crippen LogP) is 11.4. The molecule has 0 saturated heterocycles. The van der Waals surface area contributed by atoms with E-state index in [1.807, 2.05) is 0 Å². The van der Waals surface area contributed by atoms with Crippen molar-refractivity contribution >= 4 is 93.7 Å². The summed E-state index contributed by atoms with van der Waals surface area (Å²) in [5.74, 6) is 0.0663. The van der Waals surface area contributed by atoms with Crippen molar-refractivity contribution < 1.29 is 72.0 Å². The van der Waals surface area contributed by atoms with E-state index in [4.69, 9.17) is 19.9 Å². The zero-order valence-corrected chi connectivity index (χ0v) is 70.4. The Hall–Kier alpha value is -18.5. The highest BCUT2D eigenvalue weighted by atomic mass is 19.4. The molecule has 0 aliphatic rings. The molecular weight excluding hydrogens is 1840 g/mol. The first kappa shape index (κ1) is 91.4. The summed E-state index contributed by atoms with van der Waals surface area (Å²) >= 11 is 0. The van der Waals surface area contributed by atoms with E-state index in [0.717, 1.165) is 77.4 Å². The third kappa shape index (κ3) is 17.6. The van der Waals surface area contributed by atoms with Gasteiger partial charge in [-0.25, -0.2) is 83.6 Å². The van der Waals surface area contributed by atoms with Crippen LogP contribution in [0.5, 0.6) is 18.0 Å². The summed E-state index contributed by atoms with van der Waals surface area (Å²) < 4.78 is 180. The topological polar surface area (TPSA) is 478 Å². The molecule has 692 valence electrons. The van der Waals surface area contributed by atoms with Crippen LogP contribution in [0.2, 0.25) is 0 Å². The number of nitrogens with one attached hydrogen (secondary N) is 2. The fourth-order valence-corrected chi connectivity index (χ4v) is 14.5. The number of nitrogens with zero attached hydrogens (tertiary/aromatic N) is 22. The lowest BCUT2D eigenvalue weighted by Crippen LogP contribution is -2.39. The number of halogens is 12. The molecule has 0 aliphatic carbocycles. The standard InChI is InChI=1S/C23H15F3N6O4.C23H15F3N6O3.C22H13F3N6O3.C21H12F3N7O2/c1-36-21-28-8-12(9-29-21)16-5-6-17-18(30-16)19-15(10-27-17)20(34)31(11-33)22(35)32(19)14-4-2-3-13(7-14)23(24,25)26;1-31-20(33)15-11-27-17-7-6-16(12-9-28-21(35-2)29-10-12)30-18(17)19(15)32(22(31)34)14-5-3-4-13(8-14)23(24,25)26;1-34-20-27-8-11(9-28-20)15-5-6-16-17(29-15)18-14(10-26-16)19(32)30-21(33)31(18)13-4-2-3-12(7-13)22(23,24)25;22-21(23,24)11-2-1-3-12(6-11)31-17-13(18(32)30-20(31)33)9-26-15-5-4-14(29-16(15)17)10-7-27-19(25)28-8-10/h2-10,33H,11H2,1H3;3-11H,1-2H3;2-10H,1H3,(H,30,32,33);1-9H,(H2,25,27,28)(H,30,32,33). The molecule has 20 aromatic rings.